The molecule has 2 aromatic carbocycles. The first kappa shape index (κ1) is 18.1. The Labute approximate surface area is 163 Å². The van der Waals surface area contributed by atoms with Gasteiger partial charge in [-0.05, 0) is 43.2 Å². The minimum absolute atomic E-state index is 0.450. The van der Waals surface area contributed by atoms with Gasteiger partial charge < -0.3 is 19.0 Å². The molecule has 0 fully saturated rings. The highest BCUT2D eigenvalue weighted by atomic mass is 16.5. The van der Waals surface area contributed by atoms with Crippen molar-refractivity contribution in [3.8, 4) is 34.3 Å². The molecule has 6 nitrogen and oxygen atoms in total. The van der Waals surface area contributed by atoms with Gasteiger partial charge in [-0.3, -0.25) is 0 Å². The van der Waals surface area contributed by atoms with Crippen LogP contribution in [0.4, 0.5) is 0 Å². The number of nitrogens with one attached hydrogen (secondary N) is 1. The fourth-order valence-corrected chi connectivity index (χ4v) is 3.03. The summed E-state index contributed by atoms with van der Waals surface area (Å²) in [6.45, 7) is 5.41. The van der Waals surface area contributed by atoms with Gasteiger partial charge in [0.15, 0.2) is 11.5 Å². The van der Waals surface area contributed by atoms with E-state index in [-0.39, 0.29) is 0 Å². The van der Waals surface area contributed by atoms with E-state index in [4.69, 9.17) is 14.0 Å². The van der Waals surface area contributed by atoms with Crippen molar-refractivity contribution in [1.29, 1.82) is 0 Å². The van der Waals surface area contributed by atoms with Crippen LogP contribution in [0.25, 0.3) is 33.7 Å². The second-order valence-electron chi connectivity index (χ2n) is 6.53. The van der Waals surface area contributed by atoms with Crippen LogP contribution >= 0.6 is 0 Å². The molecule has 4 rings (SSSR count). The number of aromatic amines is 1. The normalized spacial score (nSPS) is 11.1. The zero-order valence-electron chi connectivity index (χ0n) is 16.1. The molecule has 0 aliphatic carbocycles. The monoisotopic (exact) mass is 377 g/mol. The van der Waals surface area contributed by atoms with E-state index in [0.29, 0.717) is 30.7 Å². The lowest BCUT2D eigenvalue weighted by atomic mass is 10.1. The predicted molar refractivity (Wildman–Crippen MR) is 109 cm³/mol. The van der Waals surface area contributed by atoms with Crippen LogP contribution < -0.4 is 9.47 Å². The summed E-state index contributed by atoms with van der Waals surface area (Å²) in [7, 11) is 0. The first-order valence-corrected chi connectivity index (χ1v) is 9.60. The average Bonchev–Trinajstić information content (AvgIpc) is 3.40. The molecular weight excluding hydrogens is 354 g/mol. The Bertz CT molecular complexity index is 1070. The standard InChI is InChI=1S/C22H23N3O3/c1-3-12-26-19-9-8-15(14-20(19)27-13-4-2)22-24-21(25-28-22)17-6-5-7-18-16(17)10-11-23-18/h5-11,14,23H,3-4,12-13H2,1-2H3. The molecule has 0 unspecified atom stereocenters. The van der Waals surface area contributed by atoms with Gasteiger partial charge >= 0.3 is 0 Å². The minimum Gasteiger partial charge on any atom is -0.490 e. The van der Waals surface area contributed by atoms with Crippen LogP contribution in [-0.2, 0) is 0 Å². The Kier molecular flexibility index (Phi) is 5.28. The van der Waals surface area contributed by atoms with Crippen molar-refractivity contribution < 1.29 is 14.0 Å². The molecule has 0 saturated heterocycles. The molecule has 28 heavy (non-hydrogen) atoms. The summed E-state index contributed by atoms with van der Waals surface area (Å²) >= 11 is 0. The molecule has 4 aromatic rings. The molecule has 2 heterocycles. The summed E-state index contributed by atoms with van der Waals surface area (Å²) < 4.78 is 17.2. The fourth-order valence-electron chi connectivity index (χ4n) is 3.03. The Morgan fingerprint density at radius 3 is 2.61 bits per heavy atom. The fraction of sp³-hybridized carbons (Fsp3) is 0.273. The number of H-pyrrole nitrogens is 1. The molecule has 0 atom stereocenters. The molecule has 1 N–H and O–H groups in total. The second kappa shape index (κ2) is 8.17. The summed E-state index contributed by atoms with van der Waals surface area (Å²) in [5.41, 5.74) is 2.77. The Hall–Kier alpha value is -3.28. The molecule has 0 radical (unpaired) electrons. The minimum atomic E-state index is 0.450. The number of aromatic nitrogens is 3. The number of nitrogens with zero attached hydrogens (tertiary/aromatic N) is 2. The largest absolute Gasteiger partial charge is 0.490 e. The Morgan fingerprint density at radius 1 is 0.964 bits per heavy atom. The van der Waals surface area contributed by atoms with Crippen molar-refractivity contribution in [2.45, 2.75) is 26.7 Å². The highest BCUT2D eigenvalue weighted by Gasteiger charge is 2.15. The van der Waals surface area contributed by atoms with Gasteiger partial charge in [-0.15, -0.1) is 0 Å². The number of fused-ring (bicyclic) bond motifs is 1. The first-order valence-electron chi connectivity index (χ1n) is 9.60. The highest BCUT2D eigenvalue weighted by Crippen LogP contribution is 2.34. The third-order valence-corrected chi connectivity index (χ3v) is 4.38. The van der Waals surface area contributed by atoms with Crippen molar-refractivity contribution in [3.05, 3.63) is 48.7 Å². The van der Waals surface area contributed by atoms with Gasteiger partial charge in [-0.2, -0.15) is 4.98 Å². The summed E-state index contributed by atoms with van der Waals surface area (Å²) in [6, 6.07) is 13.7. The van der Waals surface area contributed by atoms with E-state index in [2.05, 4.69) is 29.0 Å². The molecule has 6 heteroatoms. The maximum atomic E-state index is 5.87. The van der Waals surface area contributed by atoms with Crippen molar-refractivity contribution in [1.82, 2.24) is 15.1 Å². The highest BCUT2D eigenvalue weighted by molar-refractivity contribution is 5.93. The van der Waals surface area contributed by atoms with Gasteiger partial charge in [0.25, 0.3) is 5.89 Å². The molecule has 0 amide bonds. The third-order valence-electron chi connectivity index (χ3n) is 4.38. The van der Waals surface area contributed by atoms with E-state index >= 15 is 0 Å². The second-order valence-corrected chi connectivity index (χ2v) is 6.53. The predicted octanol–water partition coefficient (Wildman–Crippen LogP) is 5.46. The average molecular weight is 377 g/mol. The van der Waals surface area contributed by atoms with E-state index in [0.717, 1.165) is 40.6 Å². The topological polar surface area (TPSA) is 73.2 Å². The van der Waals surface area contributed by atoms with Crippen LogP contribution in [0.3, 0.4) is 0 Å². The lowest BCUT2D eigenvalue weighted by molar-refractivity contribution is 0.268. The van der Waals surface area contributed by atoms with E-state index in [9.17, 15) is 0 Å². The van der Waals surface area contributed by atoms with E-state index in [1.165, 1.54) is 0 Å². The number of hydrogen-bond acceptors (Lipinski definition) is 5. The zero-order chi connectivity index (χ0) is 19.3. The maximum absolute atomic E-state index is 5.87. The van der Waals surface area contributed by atoms with Gasteiger partial charge in [0.05, 0.1) is 13.2 Å². The molecule has 0 saturated carbocycles. The molecule has 0 spiro atoms. The summed E-state index contributed by atoms with van der Waals surface area (Å²) in [4.78, 5) is 7.81. The van der Waals surface area contributed by atoms with Crippen molar-refractivity contribution in [2.75, 3.05) is 13.2 Å². The van der Waals surface area contributed by atoms with Gasteiger partial charge in [-0.1, -0.05) is 31.1 Å². The first-order chi connectivity index (χ1) is 13.8. The number of rotatable bonds is 8. The molecule has 0 aliphatic heterocycles. The Morgan fingerprint density at radius 2 is 1.79 bits per heavy atom. The van der Waals surface area contributed by atoms with Crippen LogP contribution in [-0.4, -0.2) is 28.3 Å². The lowest BCUT2D eigenvalue weighted by Gasteiger charge is -2.12. The van der Waals surface area contributed by atoms with Crippen LogP contribution in [0.1, 0.15) is 26.7 Å². The summed E-state index contributed by atoms with van der Waals surface area (Å²) in [5.74, 6) is 2.43. The van der Waals surface area contributed by atoms with Crippen molar-refractivity contribution in [2.24, 2.45) is 0 Å². The quantitative estimate of drug-likeness (QED) is 0.441. The van der Waals surface area contributed by atoms with Gasteiger partial charge in [0.2, 0.25) is 5.82 Å². The zero-order valence-corrected chi connectivity index (χ0v) is 16.1. The number of ether oxygens (including phenoxy) is 2. The summed E-state index contributed by atoms with van der Waals surface area (Å²) in [5, 5.41) is 5.24. The molecule has 2 aromatic heterocycles. The molecule has 0 aliphatic rings. The number of benzene rings is 2. The van der Waals surface area contributed by atoms with Crippen LogP contribution in [0.2, 0.25) is 0 Å². The van der Waals surface area contributed by atoms with Crippen molar-refractivity contribution >= 4 is 10.9 Å². The maximum Gasteiger partial charge on any atom is 0.258 e. The van der Waals surface area contributed by atoms with E-state index < -0.39 is 0 Å². The molecular formula is C22H23N3O3. The summed E-state index contributed by atoms with van der Waals surface area (Å²) in [6.07, 6.45) is 3.76. The van der Waals surface area contributed by atoms with Crippen molar-refractivity contribution in [3.63, 3.8) is 0 Å². The van der Waals surface area contributed by atoms with Crippen LogP contribution in [0.5, 0.6) is 11.5 Å². The van der Waals surface area contributed by atoms with Gasteiger partial charge in [0, 0.05) is 28.2 Å². The van der Waals surface area contributed by atoms with E-state index in [1.807, 2.05) is 48.7 Å². The van der Waals surface area contributed by atoms with Gasteiger partial charge in [-0.25, -0.2) is 0 Å². The van der Waals surface area contributed by atoms with Crippen LogP contribution in [0, 0.1) is 0 Å². The SMILES string of the molecule is CCCOc1ccc(-c2nc(-c3cccc4[nH]ccc34)no2)cc1OCCC. The van der Waals surface area contributed by atoms with E-state index in [1.54, 1.807) is 0 Å². The molecule has 0 bridgehead atoms. The molecule has 144 valence electrons. The third kappa shape index (κ3) is 3.58. The number of hydrogen-bond donors (Lipinski definition) is 1. The smallest absolute Gasteiger partial charge is 0.258 e. The lowest BCUT2D eigenvalue weighted by Crippen LogP contribution is -2.01. The Balaban J connectivity index is 1.67. The van der Waals surface area contributed by atoms with Gasteiger partial charge in [0.1, 0.15) is 0 Å². The van der Waals surface area contributed by atoms with Crippen LogP contribution in [0.15, 0.2) is 53.2 Å².